The van der Waals surface area contributed by atoms with Crippen LogP contribution in [0.25, 0.3) is 0 Å². The molecule has 0 aliphatic carbocycles. The zero-order valence-corrected chi connectivity index (χ0v) is 11.1. The molecule has 0 aliphatic rings. The highest BCUT2D eigenvalue weighted by atomic mass is 35.5. The van der Waals surface area contributed by atoms with Crippen LogP contribution in [0.5, 0.6) is 0 Å². The molecule has 3 nitrogen and oxygen atoms in total. The quantitative estimate of drug-likeness (QED) is 0.691. The Bertz CT molecular complexity index is 517. The Hall–Kier alpha value is -0.970. The Morgan fingerprint density at radius 3 is 2.59 bits per heavy atom. The molecule has 1 heterocycles. The molecule has 0 bridgehead atoms. The van der Waals surface area contributed by atoms with Gasteiger partial charge in [0.25, 0.3) is 0 Å². The molecule has 0 spiro atoms. The van der Waals surface area contributed by atoms with E-state index >= 15 is 0 Å². The molecule has 0 amide bonds. The summed E-state index contributed by atoms with van der Waals surface area (Å²) in [6.45, 7) is 0. The standard InChI is InChI=1S/C11H9Cl2N3S/c12-8-3-1-7(2-4-8)6-17-10-9(13)5-15-11(14)16-10/h1-5H,6H2,(H2,14,15,16). The summed E-state index contributed by atoms with van der Waals surface area (Å²) in [6.07, 6.45) is 1.51. The second kappa shape index (κ2) is 5.58. The SMILES string of the molecule is Nc1ncc(Cl)c(SCc2ccc(Cl)cc2)n1. The minimum Gasteiger partial charge on any atom is -0.368 e. The summed E-state index contributed by atoms with van der Waals surface area (Å²) >= 11 is 13.3. The predicted octanol–water partition coefficient (Wildman–Crippen LogP) is 3.66. The van der Waals surface area contributed by atoms with Gasteiger partial charge in [0.05, 0.1) is 11.2 Å². The molecule has 2 rings (SSSR count). The third-order valence-electron chi connectivity index (χ3n) is 2.02. The number of hydrogen-bond donors (Lipinski definition) is 1. The first-order chi connectivity index (χ1) is 8.15. The van der Waals surface area contributed by atoms with E-state index in [1.54, 1.807) is 0 Å². The lowest BCUT2D eigenvalue weighted by Crippen LogP contribution is -1.95. The minimum absolute atomic E-state index is 0.230. The molecule has 0 radical (unpaired) electrons. The van der Waals surface area contributed by atoms with Gasteiger partial charge >= 0.3 is 0 Å². The molecule has 1 aromatic heterocycles. The van der Waals surface area contributed by atoms with E-state index in [1.165, 1.54) is 18.0 Å². The maximum absolute atomic E-state index is 5.97. The van der Waals surface area contributed by atoms with Crippen LogP contribution in [0.1, 0.15) is 5.56 Å². The van der Waals surface area contributed by atoms with Crippen molar-refractivity contribution in [3.05, 3.63) is 46.1 Å². The number of benzene rings is 1. The number of thioether (sulfide) groups is 1. The zero-order valence-electron chi connectivity index (χ0n) is 8.73. The van der Waals surface area contributed by atoms with Crippen LogP contribution in [0, 0.1) is 0 Å². The van der Waals surface area contributed by atoms with Crippen LogP contribution in [0.4, 0.5) is 5.95 Å². The van der Waals surface area contributed by atoms with Gasteiger partial charge in [-0.15, -0.1) is 0 Å². The van der Waals surface area contributed by atoms with E-state index in [-0.39, 0.29) is 5.95 Å². The highest BCUT2D eigenvalue weighted by Gasteiger charge is 2.05. The van der Waals surface area contributed by atoms with Crippen LogP contribution in [0.15, 0.2) is 35.5 Å². The molecule has 1 aromatic carbocycles. The first-order valence-electron chi connectivity index (χ1n) is 4.80. The summed E-state index contributed by atoms with van der Waals surface area (Å²) in [5, 5.41) is 1.93. The van der Waals surface area contributed by atoms with Gasteiger partial charge < -0.3 is 5.73 Å². The molecular weight excluding hydrogens is 277 g/mol. The second-order valence-corrected chi connectivity index (χ2v) is 5.10. The topological polar surface area (TPSA) is 51.8 Å². The van der Waals surface area contributed by atoms with Crippen LogP contribution in [-0.4, -0.2) is 9.97 Å². The lowest BCUT2D eigenvalue weighted by Gasteiger charge is -2.04. The van der Waals surface area contributed by atoms with Crippen molar-refractivity contribution in [2.75, 3.05) is 5.73 Å². The third kappa shape index (κ3) is 3.49. The van der Waals surface area contributed by atoms with Crippen molar-refractivity contribution in [1.82, 2.24) is 9.97 Å². The summed E-state index contributed by atoms with van der Waals surface area (Å²) in [6, 6.07) is 7.64. The largest absolute Gasteiger partial charge is 0.368 e. The number of nitrogen functional groups attached to an aromatic ring is 1. The molecule has 0 aliphatic heterocycles. The average molecular weight is 286 g/mol. The van der Waals surface area contributed by atoms with Crippen molar-refractivity contribution in [1.29, 1.82) is 0 Å². The molecule has 0 saturated heterocycles. The van der Waals surface area contributed by atoms with Gasteiger partial charge in [-0.05, 0) is 17.7 Å². The van der Waals surface area contributed by atoms with Gasteiger partial charge in [-0.25, -0.2) is 9.97 Å². The normalized spacial score (nSPS) is 10.5. The van der Waals surface area contributed by atoms with Crippen molar-refractivity contribution >= 4 is 40.9 Å². The van der Waals surface area contributed by atoms with Gasteiger partial charge in [0.2, 0.25) is 5.95 Å². The molecule has 88 valence electrons. The lowest BCUT2D eigenvalue weighted by atomic mass is 10.2. The molecule has 0 unspecified atom stereocenters. The predicted molar refractivity (Wildman–Crippen MR) is 72.5 cm³/mol. The number of nitrogens with two attached hydrogens (primary N) is 1. The second-order valence-electron chi connectivity index (χ2n) is 3.30. The fourth-order valence-corrected chi connectivity index (χ4v) is 2.42. The summed E-state index contributed by atoms with van der Waals surface area (Å²) in [7, 11) is 0. The Labute approximate surface area is 113 Å². The average Bonchev–Trinajstić information content (AvgIpc) is 2.32. The maximum Gasteiger partial charge on any atom is 0.221 e. The molecule has 2 N–H and O–H groups in total. The number of aromatic nitrogens is 2. The van der Waals surface area contributed by atoms with Crippen LogP contribution in [0.2, 0.25) is 10.0 Å². The summed E-state index contributed by atoms with van der Waals surface area (Å²) in [5.41, 5.74) is 6.65. The summed E-state index contributed by atoms with van der Waals surface area (Å²) < 4.78 is 0. The van der Waals surface area contributed by atoms with E-state index in [1.807, 2.05) is 24.3 Å². The fraction of sp³-hybridized carbons (Fsp3) is 0.0909. The molecule has 6 heteroatoms. The molecule has 17 heavy (non-hydrogen) atoms. The number of halogens is 2. The highest BCUT2D eigenvalue weighted by Crippen LogP contribution is 2.28. The summed E-state index contributed by atoms with van der Waals surface area (Å²) in [5.74, 6) is 0.987. The third-order valence-corrected chi connectivity index (χ3v) is 3.72. The molecule has 0 fully saturated rings. The van der Waals surface area contributed by atoms with E-state index in [4.69, 9.17) is 28.9 Å². The van der Waals surface area contributed by atoms with Crippen LogP contribution < -0.4 is 5.73 Å². The first-order valence-corrected chi connectivity index (χ1v) is 6.54. The maximum atomic E-state index is 5.97. The van der Waals surface area contributed by atoms with Crippen molar-refractivity contribution in [2.24, 2.45) is 0 Å². The van der Waals surface area contributed by atoms with E-state index in [0.29, 0.717) is 10.0 Å². The Balaban J connectivity index is 2.07. The van der Waals surface area contributed by atoms with Crippen molar-refractivity contribution in [3.63, 3.8) is 0 Å². The molecule has 2 aromatic rings. The van der Waals surface area contributed by atoms with Crippen molar-refractivity contribution in [2.45, 2.75) is 10.8 Å². The minimum atomic E-state index is 0.230. The monoisotopic (exact) mass is 285 g/mol. The van der Waals surface area contributed by atoms with E-state index < -0.39 is 0 Å². The molecule has 0 atom stereocenters. The van der Waals surface area contributed by atoms with Crippen molar-refractivity contribution in [3.8, 4) is 0 Å². The van der Waals surface area contributed by atoms with Gasteiger partial charge in [-0.3, -0.25) is 0 Å². The van der Waals surface area contributed by atoms with E-state index in [0.717, 1.165) is 16.3 Å². The Morgan fingerprint density at radius 2 is 1.88 bits per heavy atom. The lowest BCUT2D eigenvalue weighted by molar-refractivity contribution is 1.06. The molecule has 0 saturated carbocycles. The summed E-state index contributed by atoms with van der Waals surface area (Å²) in [4.78, 5) is 7.89. The number of anilines is 1. The Kier molecular flexibility index (Phi) is 4.10. The first kappa shape index (κ1) is 12.5. The smallest absolute Gasteiger partial charge is 0.221 e. The highest BCUT2D eigenvalue weighted by molar-refractivity contribution is 7.98. The number of hydrogen-bond acceptors (Lipinski definition) is 4. The van der Waals surface area contributed by atoms with E-state index in [2.05, 4.69) is 9.97 Å². The molecular formula is C11H9Cl2N3S. The zero-order chi connectivity index (χ0) is 12.3. The number of nitrogens with zero attached hydrogens (tertiary/aromatic N) is 2. The van der Waals surface area contributed by atoms with Crippen LogP contribution in [0.3, 0.4) is 0 Å². The van der Waals surface area contributed by atoms with E-state index in [9.17, 15) is 0 Å². The van der Waals surface area contributed by atoms with Crippen LogP contribution in [-0.2, 0) is 5.75 Å². The number of rotatable bonds is 3. The van der Waals surface area contributed by atoms with Crippen molar-refractivity contribution < 1.29 is 0 Å². The van der Waals surface area contributed by atoms with Gasteiger partial charge in [0.15, 0.2) is 0 Å². The fourth-order valence-electron chi connectivity index (χ4n) is 1.20. The Morgan fingerprint density at radius 1 is 1.18 bits per heavy atom. The van der Waals surface area contributed by atoms with Gasteiger partial charge in [0.1, 0.15) is 5.03 Å². The van der Waals surface area contributed by atoms with Gasteiger partial charge in [-0.1, -0.05) is 47.1 Å². The van der Waals surface area contributed by atoms with Crippen LogP contribution >= 0.6 is 35.0 Å². The van der Waals surface area contributed by atoms with Gasteiger partial charge in [0, 0.05) is 10.8 Å². The van der Waals surface area contributed by atoms with Gasteiger partial charge in [-0.2, -0.15) is 0 Å².